The van der Waals surface area contributed by atoms with Crippen LogP contribution in [-0.2, 0) is 16.1 Å². The van der Waals surface area contributed by atoms with Crippen LogP contribution in [-0.4, -0.2) is 25.4 Å². The van der Waals surface area contributed by atoms with E-state index >= 15 is 0 Å². The van der Waals surface area contributed by atoms with E-state index in [0.717, 1.165) is 11.6 Å². The van der Waals surface area contributed by atoms with Crippen molar-refractivity contribution in [1.82, 2.24) is 0 Å². The molecule has 0 fully saturated rings. The zero-order chi connectivity index (χ0) is 18.1. The van der Waals surface area contributed by atoms with Crippen molar-refractivity contribution in [3.63, 3.8) is 0 Å². The Labute approximate surface area is 143 Å². The SMILES string of the molecule is O=C(OC/C=C(/COCc1ccccc1)C(F)(F)F)c1ccccc1. The van der Waals surface area contributed by atoms with E-state index in [0.29, 0.717) is 0 Å². The number of rotatable bonds is 7. The molecule has 3 nitrogen and oxygen atoms in total. The van der Waals surface area contributed by atoms with Gasteiger partial charge in [-0.25, -0.2) is 4.79 Å². The predicted octanol–water partition coefficient (Wildman–Crippen LogP) is 4.55. The summed E-state index contributed by atoms with van der Waals surface area (Å²) in [5, 5.41) is 0. The van der Waals surface area contributed by atoms with E-state index in [4.69, 9.17) is 9.47 Å². The first-order valence-electron chi connectivity index (χ1n) is 7.57. The fraction of sp³-hybridized carbons (Fsp3) is 0.211. The zero-order valence-electron chi connectivity index (χ0n) is 13.3. The summed E-state index contributed by atoms with van der Waals surface area (Å²) in [6, 6.07) is 17.0. The van der Waals surface area contributed by atoms with Gasteiger partial charge in [-0.2, -0.15) is 13.2 Å². The smallest absolute Gasteiger partial charge is 0.414 e. The van der Waals surface area contributed by atoms with Gasteiger partial charge in [0.15, 0.2) is 0 Å². The second kappa shape index (κ2) is 9.03. The zero-order valence-corrected chi connectivity index (χ0v) is 13.3. The maximum atomic E-state index is 13.0. The minimum atomic E-state index is -4.55. The van der Waals surface area contributed by atoms with Gasteiger partial charge in [0.2, 0.25) is 0 Å². The van der Waals surface area contributed by atoms with Gasteiger partial charge in [0.05, 0.1) is 24.4 Å². The van der Waals surface area contributed by atoms with Crippen molar-refractivity contribution in [3.8, 4) is 0 Å². The number of carbonyl (C=O) groups is 1. The van der Waals surface area contributed by atoms with Gasteiger partial charge in [0, 0.05) is 0 Å². The highest BCUT2D eigenvalue weighted by Gasteiger charge is 2.33. The summed E-state index contributed by atoms with van der Waals surface area (Å²) in [4.78, 5) is 11.7. The number of halogens is 3. The van der Waals surface area contributed by atoms with E-state index in [1.165, 1.54) is 12.1 Å². The molecular formula is C19H17F3O3. The first-order valence-corrected chi connectivity index (χ1v) is 7.57. The molecule has 6 heteroatoms. The van der Waals surface area contributed by atoms with Gasteiger partial charge in [0.25, 0.3) is 0 Å². The molecule has 0 bridgehead atoms. The summed E-state index contributed by atoms with van der Waals surface area (Å²) in [6.07, 6.45) is -3.72. The van der Waals surface area contributed by atoms with Crippen LogP contribution in [0.5, 0.6) is 0 Å². The monoisotopic (exact) mass is 350 g/mol. The second-order valence-electron chi connectivity index (χ2n) is 5.17. The van der Waals surface area contributed by atoms with Crippen LogP contribution < -0.4 is 0 Å². The highest BCUT2D eigenvalue weighted by Crippen LogP contribution is 2.26. The number of ether oxygens (including phenoxy) is 2. The number of hydrogen-bond donors (Lipinski definition) is 0. The molecule has 0 spiro atoms. The lowest BCUT2D eigenvalue weighted by Crippen LogP contribution is -2.18. The van der Waals surface area contributed by atoms with E-state index in [1.54, 1.807) is 42.5 Å². The van der Waals surface area contributed by atoms with Crippen molar-refractivity contribution in [2.75, 3.05) is 13.2 Å². The molecule has 2 aromatic rings. The van der Waals surface area contributed by atoms with Crippen molar-refractivity contribution in [2.45, 2.75) is 12.8 Å². The Hall–Kier alpha value is -2.60. The number of hydrogen-bond acceptors (Lipinski definition) is 3. The molecule has 0 saturated heterocycles. The fourth-order valence-electron chi connectivity index (χ4n) is 1.99. The third-order valence-corrected chi connectivity index (χ3v) is 3.29. The quantitative estimate of drug-likeness (QED) is 0.543. The molecule has 132 valence electrons. The van der Waals surface area contributed by atoms with Crippen molar-refractivity contribution < 1.29 is 27.4 Å². The van der Waals surface area contributed by atoms with Crippen LogP contribution >= 0.6 is 0 Å². The maximum absolute atomic E-state index is 13.0. The molecule has 0 heterocycles. The lowest BCUT2D eigenvalue weighted by molar-refractivity contribution is -0.102. The molecule has 0 aromatic heterocycles. The van der Waals surface area contributed by atoms with E-state index in [9.17, 15) is 18.0 Å². The molecule has 25 heavy (non-hydrogen) atoms. The van der Waals surface area contributed by atoms with Gasteiger partial charge in [0.1, 0.15) is 6.61 Å². The molecule has 0 aliphatic heterocycles. The normalized spacial score (nSPS) is 12.0. The Balaban J connectivity index is 1.88. The van der Waals surface area contributed by atoms with Gasteiger partial charge in [-0.05, 0) is 23.8 Å². The Bertz CT molecular complexity index is 695. The highest BCUT2D eigenvalue weighted by molar-refractivity contribution is 5.89. The lowest BCUT2D eigenvalue weighted by Gasteiger charge is -2.13. The molecule has 0 N–H and O–H groups in total. The summed E-state index contributed by atoms with van der Waals surface area (Å²) >= 11 is 0. The van der Waals surface area contributed by atoms with Crippen LogP contribution in [0.25, 0.3) is 0 Å². The molecule has 0 unspecified atom stereocenters. The molecule has 0 radical (unpaired) electrons. The van der Waals surface area contributed by atoms with Gasteiger partial charge >= 0.3 is 12.1 Å². The van der Waals surface area contributed by atoms with E-state index in [-0.39, 0.29) is 12.2 Å². The fourth-order valence-corrected chi connectivity index (χ4v) is 1.99. The topological polar surface area (TPSA) is 35.5 Å². The van der Waals surface area contributed by atoms with Gasteiger partial charge in [-0.3, -0.25) is 0 Å². The van der Waals surface area contributed by atoms with Crippen molar-refractivity contribution in [2.24, 2.45) is 0 Å². The Morgan fingerprint density at radius 1 is 0.960 bits per heavy atom. The third-order valence-electron chi connectivity index (χ3n) is 3.29. The number of benzene rings is 2. The minimum Gasteiger partial charge on any atom is -0.458 e. The predicted molar refractivity (Wildman–Crippen MR) is 87.0 cm³/mol. The number of esters is 1. The molecule has 0 amide bonds. The highest BCUT2D eigenvalue weighted by atomic mass is 19.4. The molecule has 0 atom stereocenters. The summed E-state index contributed by atoms with van der Waals surface area (Å²) in [6.45, 7) is -1.02. The average molecular weight is 350 g/mol. The van der Waals surface area contributed by atoms with Crippen molar-refractivity contribution in [3.05, 3.63) is 83.4 Å². The molecule has 0 saturated carbocycles. The molecule has 2 rings (SSSR count). The number of carbonyl (C=O) groups excluding carboxylic acids is 1. The van der Waals surface area contributed by atoms with Gasteiger partial charge < -0.3 is 9.47 Å². The first kappa shape index (κ1) is 18.7. The summed E-state index contributed by atoms with van der Waals surface area (Å²) in [7, 11) is 0. The van der Waals surface area contributed by atoms with E-state index in [1.807, 2.05) is 6.07 Å². The molecule has 0 aliphatic rings. The number of alkyl halides is 3. The Morgan fingerprint density at radius 3 is 2.16 bits per heavy atom. The van der Waals surface area contributed by atoms with E-state index in [2.05, 4.69) is 0 Å². The molecular weight excluding hydrogens is 333 g/mol. The average Bonchev–Trinajstić information content (AvgIpc) is 2.61. The maximum Gasteiger partial charge on any atom is 0.414 e. The van der Waals surface area contributed by atoms with Crippen LogP contribution in [0.4, 0.5) is 13.2 Å². The van der Waals surface area contributed by atoms with Crippen LogP contribution in [0.2, 0.25) is 0 Å². The van der Waals surface area contributed by atoms with Crippen LogP contribution in [0.3, 0.4) is 0 Å². The molecule has 2 aromatic carbocycles. The third kappa shape index (κ3) is 6.43. The summed E-state index contributed by atoms with van der Waals surface area (Å²) < 4.78 is 49.0. The summed E-state index contributed by atoms with van der Waals surface area (Å²) in [5.41, 5.74) is 0.175. The van der Waals surface area contributed by atoms with Crippen molar-refractivity contribution in [1.29, 1.82) is 0 Å². The van der Waals surface area contributed by atoms with Crippen LogP contribution in [0.1, 0.15) is 15.9 Å². The van der Waals surface area contributed by atoms with Gasteiger partial charge in [-0.1, -0.05) is 48.5 Å². The van der Waals surface area contributed by atoms with Gasteiger partial charge in [-0.15, -0.1) is 0 Å². The molecule has 0 aliphatic carbocycles. The van der Waals surface area contributed by atoms with Crippen LogP contribution in [0.15, 0.2) is 72.3 Å². The Kier molecular flexibility index (Phi) is 6.77. The van der Waals surface area contributed by atoms with Crippen molar-refractivity contribution >= 4 is 5.97 Å². The Morgan fingerprint density at radius 2 is 1.56 bits per heavy atom. The minimum absolute atomic E-state index is 0.0675. The largest absolute Gasteiger partial charge is 0.458 e. The first-order chi connectivity index (χ1) is 12.0. The second-order valence-corrected chi connectivity index (χ2v) is 5.17. The van der Waals surface area contributed by atoms with Crippen LogP contribution in [0, 0.1) is 0 Å². The summed E-state index contributed by atoms with van der Waals surface area (Å²) in [5.74, 6) is -0.677. The standard InChI is InChI=1S/C19H17F3O3/c20-19(21,22)17(14-24-13-15-7-3-1-4-8-15)11-12-25-18(23)16-9-5-2-6-10-16/h1-11H,12-14H2/b17-11-. The van der Waals surface area contributed by atoms with E-state index < -0.39 is 30.9 Å². The lowest BCUT2D eigenvalue weighted by atomic mass is 10.2.